The number of hydrogen-bond donors (Lipinski definition) is 1. The molecule has 0 spiro atoms. The molecule has 1 aromatic heterocycles. The molecule has 0 bridgehead atoms. The van der Waals surface area contributed by atoms with Crippen molar-refractivity contribution in [3.8, 4) is 11.4 Å². The first-order valence-electron chi connectivity index (χ1n) is 9.17. The SMILES string of the molecule is O=C(CCN1C(=O)COc2ccccc21)NCc1ccc(-n2ccnc2)c(F)c1. The van der Waals surface area contributed by atoms with Crippen LogP contribution < -0.4 is 15.0 Å². The fourth-order valence-corrected chi connectivity index (χ4v) is 3.17. The van der Waals surface area contributed by atoms with Gasteiger partial charge in [0.1, 0.15) is 11.6 Å². The van der Waals surface area contributed by atoms with Crippen LogP contribution >= 0.6 is 0 Å². The summed E-state index contributed by atoms with van der Waals surface area (Å²) < 4.78 is 21.3. The molecule has 0 fully saturated rings. The van der Waals surface area contributed by atoms with E-state index in [-0.39, 0.29) is 37.9 Å². The van der Waals surface area contributed by atoms with Gasteiger partial charge in [-0.3, -0.25) is 9.59 Å². The maximum Gasteiger partial charge on any atom is 0.265 e. The Morgan fingerprint density at radius 3 is 2.86 bits per heavy atom. The van der Waals surface area contributed by atoms with Crippen molar-refractivity contribution in [3.63, 3.8) is 0 Å². The van der Waals surface area contributed by atoms with Crippen molar-refractivity contribution in [3.05, 3.63) is 72.6 Å². The van der Waals surface area contributed by atoms with Crippen molar-refractivity contribution in [2.75, 3.05) is 18.1 Å². The van der Waals surface area contributed by atoms with Gasteiger partial charge in [-0.05, 0) is 29.8 Å². The Balaban J connectivity index is 1.33. The van der Waals surface area contributed by atoms with Crippen molar-refractivity contribution < 1.29 is 18.7 Å². The number of ether oxygens (including phenoxy) is 1. The standard InChI is InChI=1S/C21H19FN4O3/c22-16-11-15(5-6-17(16)25-10-8-23-14-25)12-24-20(27)7-9-26-18-3-1-2-4-19(18)29-13-21(26)28/h1-6,8,10-11,14H,7,9,12-13H2,(H,24,27). The summed E-state index contributed by atoms with van der Waals surface area (Å²) in [4.78, 5) is 29.8. The quantitative estimate of drug-likeness (QED) is 0.697. The van der Waals surface area contributed by atoms with E-state index in [4.69, 9.17) is 4.74 Å². The molecule has 3 aromatic rings. The van der Waals surface area contributed by atoms with Gasteiger partial charge in [-0.15, -0.1) is 0 Å². The zero-order valence-electron chi connectivity index (χ0n) is 15.5. The van der Waals surface area contributed by atoms with E-state index < -0.39 is 5.82 Å². The van der Waals surface area contributed by atoms with Gasteiger partial charge in [-0.25, -0.2) is 9.37 Å². The van der Waals surface area contributed by atoms with Gasteiger partial charge in [-0.2, -0.15) is 0 Å². The second-order valence-electron chi connectivity index (χ2n) is 6.58. The summed E-state index contributed by atoms with van der Waals surface area (Å²) in [7, 11) is 0. The first kappa shape index (κ1) is 18.7. The fourth-order valence-electron chi connectivity index (χ4n) is 3.17. The maximum absolute atomic E-state index is 14.3. The van der Waals surface area contributed by atoms with Crippen LogP contribution in [-0.4, -0.2) is 34.5 Å². The summed E-state index contributed by atoms with van der Waals surface area (Å²) in [5.74, 6) is -0.180. The molecule has 0 radical (unpaired) electrons. The number of hydrogen-bond acceptors (Lipinski definition) is 4. The van der Waals surface area contributed by atoms with Crippen LogP contribution in [0.1, 0.15) is 12.0 Å². The number of carbonyl (C=O) groups is 2. The molecule has 2 aromatic carbocycles. The van der Waals surface area contributed by atoms with Crippen molar-refractivity contribution in [1.29, 1.82) is 0 Å². The van der Waals surface area contributed by atoms with Crippen molar-refractivity contribution in [1.82, 2.24) is 14.9 Å². The molecule has 0 aliphatic carbocycles. The highest BCUT2D eigenvalue weighted by Gasteiger charge is 2.25. The maximum atomic E-state index is 14.3. The van der Waals surface area contributed by atoms with Gasteiger partial charge in [0, 0.05) is 31.9 Å². The number of halogens is 1. The van der Waals surface area contributed by atoms with Crippen LogP contribution in [0.2, 0.25) is 0 Å². The van der Waals surface area contributed by atoms with Crippen LogP contribution in [0.25, 0.3) is 5.69 Å². The van der Waals surface area contributed by atoms with Crippen LogP contribution in [0.5, 0.6) is 5.75 Å². The van der Waals surface area contributed by atoms with E-state index in [0.29, 0.717) is 22.7 Å². The number of rotatable bonds is 6. The van der Waals surface area contributed by atoms with Crippen LogP contribution in [0.4, 0.5) is 10.1 Å². The number of benzene rings is 2. The number of nitrogens with zero attached hydrogens (tertiary/aromatic N) is 3. The third kappa shape index (κ3) is 4.11. The molecule has 8 heteroatoms. The molecular formula is C21H19FN4O3. The number of anilines is 1. The third-order valence-corrected chi connectivity index (χ3v) is 4.66. The number of para-hydroxylation sites is 2. The molecule has 1 aliphatic heterocycles. The van der Waals surface area contributed by atoms with E-state index in [1.807, 2.05) is 12.1 Å². The number of aromatic nitrogens is 2. The molecule has 29 heavy (non-hydrogen) atoms. The molecule has 0 unspecified atom stereocenters. The van der Waals surface area contributed by atoms with Gasteiger partial charge in [0.05, 0.1) is 17.7 Å². The summed E-state index contributed by atoms with van der Waals surface area (Å²) in [5.41, 5.74) is 1.70. The van der Waals surface area contributed by atoms with Crippen molar-refractivity contribution >= 4 is 17.5 Å². The predicted octanol–water partition coefficient (Wildman–Crippen LogP) is 2.44. The molecule has 148 valence electrons. The van der Waals surface area contributed by atoms with Gasteiger partial charge in [0.25, 0.3) is 5.91 Å². The Labute approximate surface area is 166 Å². The van der Waals surface area contributed by atoms with Gasteiger partial charge >= 0.3 is 0 Å². The smallest absolute Gasteiger partial charge is 0.265 e. The Bertz CT molecular complexity index is 1040. The monoisotopic (exact) mass is 394 g/mol. The largest absolute Gasteiger partial charge is 0.482 e. The molecule has 1 aliphatic rings. The summed E-state index contributed by atoms with van der Waals surface area (Å²) in [6.07, 6.45) is 4.89. The third-order valence-electron chi connectivity index (χ3n) is 4.66. The number of imidazole rings is 1. The summed E-state index contributed by atoms with van der Waals surface area (Å²) in [6, 6.07) is 12.0. The van der Waals surface area contributed by atoms with Gasteiger partial charge in [-0.1, -0.05) is 18.2 Å². The van der Waals surface area contributed by atoms with E-state index in [1.54, 1.807) is 46.1 Å². The predicted molar refractivity (Wildman–Crippen MR) is 104 cm³/mol. The van der Waals surface area contributed by atoms with Crippen LogP contribution in [0, 0.1) is 5.82 Å². The molecular weight excluding hydrogens is 375 g/mol. The van der Waals surface area contributed by atoms with Crippen molar-refractivity contribution in [2.24, 2.45) is 0 Å². The zero-order valence-corrected chi connectivity index (χ0v) is 15.5. The Kier molecular flexibility index (Phi) is 5.24. The summed E-state index contributed by atoms with van der Waals surface area (Å²) >= 11 is 0. The lowest BCUT2D eigenvalue weighted by atomic mass is 10.2. The van der Waals surface area contributed by atoms with E-state index in [0.717, 1.165) is 0 Å². The minimum absolute atomic E-state index is 0.0405. The molecule has 2 amide bonds. The minimum atomic E-state index is -0.398. The molecule has 0 saturated carbocycles. The second-order valence-corrected chi connectivity index (χ2v) is 6.58. The van der Waals surface area contributed by atoms with Gasteiger partial charge in [0.15, 0.2) is 6.61 Å². The first-order valence-corrected chi connectivity index (χ1v) is 9.17. The number of fused-ring (bicyclic) bond motifs is 1. The normalized spacial score (nSPS) is 13.0. The molecule has 4 rings (SSSR count). The van der Waals surface area contributed by atoms with Crippen LogP contribution in [-0.2, 0) is 16.1 Å². The number of nitrogens with one attached hydrogen (secondary N) is 1. The van der Waals surface area contributed by atoms with Crippen LogP contribution in [0.15, 0.2) is 61.2 Å². The van der Waals surface area contributed by atoms with Gasteiger partial charge < -0.3 is 19.5 Å². The number of carbonyl (C=O) groups excluding carboxylic acids is 2. The van der Waals surface area contributed by atoms with E-state index >= 15 is 0 Å². The molecule has 7 nitrogen and oxygen atoms in total. The Hall–Kier alpha value is -3.68. The van der Waals surface area contributed by atoms with Gasteiger partial charge in [0.2, 0.25) is 5.91 Å². The average molecular weight is 394 g/mol. The highest BCUT2D eigenvalue weighted by Crippen LogP contribution is 2.31. The second kappa shape index (κ2) is 8.14. The molecule has 0 saturated heterocycles. The average Bonchev–Trinajstić information content (AvgIpc) is 3.26. The zero-order chi connectivity index (χ0) is 20.2. The highest BCUT2D eigenvalue weighted by molar-refractivity contribution is 5.98. The molecule has 2 heterocycles. The lowest BCUT2D eigenvalue weighted by Gasteiger charge is -2.29. The topological polar surface area (TPSA) is 76.5 Å². The van der Waals surface area contributed by atoms with E-state index in [2.05, 4.69) is 10.3 Å². The summed E-state index contributed by atoms with van der Waals surface area (Å²) in [5, 5.41) is 2.76. The summed E-state index contributed by atoms with van der Waals surface area (Å²) in [6.45, 7) is 0.410. The Morgan fingerprint density at radius 2 is 2.07 bits per heavy atom. The minimum Gasteiger partial charge on any atom is -0.482 e. The Morgan fingerprint density at radius 1 is 1.21 bits per heavy atom. The lowest BCUT2D eigenvalue weighted by Crippen LogP contribution is -2.41. The number of amides is 2. The van der Waals surface area contributed by atoms with Crippen LogP contribution in [0.3, 0.4) is 0 Å². The van der Waals surface area contributed by atoms with E-state index in [9.17, 15) is 14.0 Å². The first-order chi connectivity index (χ1) is 14.1. The fraction of sp³-hybridized carbons (Fsp3) is 0.190. The van der Waals surface area contributed by atoms with Crippen molar-refractivity contribution in [2.45, 2.75) is 13.0 Å². The highest BCUT2D eigenvalue weighted by atomic mass is 19.1. The molecule has 0 atom stereocenters. The lowest BCUT2D eigenvalue weighted by molar-refractivity contribution is -0.122. The molecule has 1 N–H and O–H groups in total. The van der Waals surface area contributed by atoms with E-state index in [1.165, 1.54) is 12.4 Å².